The first-order valence-electron chi connectivity index (χ1n) is 10.3. The van der Waals surface area contributed by atoms with Gasteiger partial charge in [-0.25, -0.2) is 4.98 Å². The summed E-state index contributed by atoms with van der Waals surface area (Å²) in [7, 11) is 0. The molecule has 4 heterocycles. The summed E-state index contributed by atoms with van der Waals surface area (Å²) in [5, 5.41) is 0. The largest absolute Gasteiger partial charge is 0.459 e. The van der Waals surface area contributed by atoms with E-state index in [1.807, 2.05) is 29.2 Å². The van der Waals surface area contributed by atoms with E-state index in [0.29, 0.717) is 31.7 Å². The van der Waals surface area contributed by atoms with Crippen LogP contribution in [0.3, 0.4) is 0 Å². The zero-order chi connectivity index (χ0) is 19.8. The van der Waals surface area contributed by atoms with Gasteiger partial charge in [-0.2, -0.15) is 0 Å². The Kier molecular flexibility index (Phi) is 4.58. The third-order valence-electron chi connectivity index (χ3n) is 6.12. The van der Waals surface area contributed by atoms with E-state index in [9.17, 15) is 9.59 Å². The maximum Gasteiger partial charge on any atom is 0.289 e. The average molecular weight is 392 g/mol. The van der Waals surface area contributed by atoms with Gasteiger partial charge in [0.25, 0.3) is 5.91 Å². The minimum atomic E-state index is -0.0952. The Morgan fingerprint density at radius 2 is 1.86 bits per heavy atom. The number of likely N-dealkylation sites (tertiary alicyclic amines) is 2. The van der Waals surface area contributed by atoms with Crippen molar-refractivity contribution in [2.75, 3.05) is 19.6 Å². The first-order chi connectivity index (χ1) is 14.2. The second kappa shape index (κ2) is 7.39. The standard InChI is InChI=1S/C22H24N4O3/c27-21(15-9-12-25(13-10-15)22(28)19-8-4-14-29-19)26-11-3-7-18(26)20-23-16-5-1-2-6-17(16)24-20/h1-2,4-6,8,14-15,18H,3,7,9-13H2,(H,23,24)/t18-/m0/s1. The van der Waals surface area contributed by atoms with Gasteiger partial charge in [0.1, 0.15) is 5.82 Å². The van der Waals surface area contributed by atoms with Gasteiger partial charge in [-0.1, -0.05) is 12.1 Å². The molecule has 7 nitrogen and oxygen atoms in total. The van der Waals surface area contributed by atoms with Crippen LogP contribution in [0.4, 0.5) is 0 Å². The van der Waals surface area contributed by atoms with E-state index in [1.165, 1.54) is 6.26 Å². The number of hydrogen-bond donors (Lipinski definition) is 1. The molecule has 2 aliphatic heterocycles. The van der Waals surface area contributed by atoms with Gasteiger partial charge in [0.05, 0.1) is 23.3 Å². The number of fused-ring (bicyclic) bond motifs is 1. The Labute approximate surface area is 168 Å². The van der Waals surface area contributed by atoms with E-state index < -0.39 is 0 Å². The summed E-state index contributed by atoms with van der Waals surface area (Å²) in [4.78, 5) is 37.6. The van der Waals surface area contributed by atoms with Gasteiger partial charge in [0, 0.05) is 25.6 Å². The number of benzene rings is 1. The van der Waals surface area contributed by atoms with Crippen LogP contribution in [-0.2, 0) is 4.79 Å². The highest BCUT2D eigenvalue weighted by molar-refractivity contribution is 5.91. The number of carbonyl (C=O) groups is 2. The van der Waals surface area contributed by atoms with E-state index in [0.717, 1.165) is 36.2 Å². The molecule has 0 unspecified atom stereocenters. The lowest BCUT2D eigenvalue weighted by atomic mass is 9.94. The first-order valence-corrected chi connectivity index (χ1v) is 10.3. The van der Waals surface area contributed by atoms with Crippen LogP contribution in [0.5, 0.6) is 0 Å². The van der Waals surface area contributed by atoms with Crippen LogP contribution in [0.2, 0.25) is 0 Å². The number of rotatable bonds is 3. The third-order valence-corrected chi connectivity index (χ3v) is 6.12. The number of piperidine rings is 1. The molecule has 29 heavy (non-hydrogen) atoms. The van der Waals surface area contributed by atoms with Crippen molar-refractivity contribution in [3.05, 3.63) is 54.2 Å². The molecule has 0 saturated carbocycles. The molecule has 0 radical (unpaired) electrons. The summed E-state index contributed by atoms with van der Waals surface area (Å²) >= 11 is 0. The van der Waals surface area contributed by atoms with Crippen LogP contribution in [0.15, 0.2) is 47.1 Å². The molecular weight excluding hydrogens is 368 g/mol. The Hall–Kier alpha value is -3.09. The number of H-pyrrole nitrogens is 1. The predicted molar refractivity (Wildman–Crippen MR) is 107 cm³/mol. The molecule has 2 fully saturated rings. The number of aromatic nitrogens is 2. The molecule has 2 saturated heterocycles. The number of hydrogen-bond acceptors (Lipinski definition) is 4. The molecule has 5 rings (SSSR count). The quantitative estimate of drug-likeness (QED) is 0.741. The lowest BCUT2D eigenvalue weighted by Gasteiger charge is -2.34. The van der Waals surface area contributed by atoms with Gasteiger partial charge >= 0.3 is 0 Å². The van der Waals surface area contributed by atoms with Crippen LogP contribution < -0.4 is 0 Å². The first kappa shape index (κ1) is 18.0. The molecule has 1 atom stereocenters. The van der Waals surface area contributed by atoms with E-state index in [-0.39, 0.29) is 23.8 Å². The van der Waals surface area contributed by atoms with E-state index in [2.05, 4.69) is 4.98 Å². The number of furan rings is 1. The molecular formula is C22H24N4O3. The van der Waals surface area contributed by atoms with Crippen LogP contribution >= 0.6 is 0 Å². The summed E-state index contributed by atoms with van der Waals surface area (Å²) in [5.74, 6) is 1.29. The Bertz CT molecular complexity index is 985. The van der Waals surface area contributed by atoms with Crippen molar-refractivity contribution in [3.63, 3.8) is 0 Å². The fraction of sp³-hybridized carbons (Fsp3) is 0.409. The fourth-order valence-corrected chi connectivity index (χ4v) is 4.57. The van der Waals surface area contributed by atoms with E-state index >= 15 is 0 Å². The maximum absolute atomic E-state index is 13.3. The van der Waals surface area contributed by atoms with Gasteiger partial charge in [-0.3, -0.25) is 9.59 Å². The molecule has 0 bridgehead atoms. The molecule has 1 N–H and O–H groups in total. The monoisotopic (exact) mass is 392 g/mol. The molecule has 7 heteroatoms. The van der Waals surface area contributed by atoms with Crippen LogP contribution in [0, 0.1) is 5.92 Å². The fourth-order valence-electron chi connectivity index (χ4n) is 4.57. The second-order valence-corrected chi connectivity index (χ2v) is 7.87. The molecule has 1 aromatic carbocycles. The number of nitrogens with one attached hydrogen (secondary N) is 1. The average Bonchev–Trinajstić information content (AvgIpc) is 3.52. The van der Waals surface area contributed by atoms with Gasteiger partial charge in [-0.15, -0.1) is 0 Å². The summed E-state index contributed by atoms with van der Waals surface area (Å²) in [6.45, 7) is 1.93. The number of para-hydroxylation sites is 2. The van der Waals surface area contributed by atoms with Crippen molar-refractivity contribution < 1.29 is 14.0 Å². The second-order valence-electron chi connectivity index (χ2n) is 7.87. The van der Waals surface area contributed by atoms with Crippen molar-refractivity contribution in [1.82, 2.24) is 19.8 Å². The van der Waals surface area contributed by atoms with Gasteiger partial charge in [0.15, 0.2) is 5.76 Å². The molecule has 2 aliphatic rings. The smallest absolute Gasteiger partial charge is 0.289 e. The van der Waals surface area contributed by atoms with Gasteiger partial charge < -0.3 is 19.2 Å². The Balaban J connectivity index is 1.26. The number of aromatic amines is 1. The predicted octanol–water partition coefficient (Wildman–Crippen LogP) is 3.37. The summed E-state index contributed by atoms with van der Waals surface area (Å²) in [6, 6.07) is 11.4. The lowest BCUT2D eigenvalue weighted by Crippen LogP contribution is -2.44. The van der Waals surface area contributed by atoms with Gasteiger partial charge in [-0.05, 0) is 49.9 Å². The molecule has 0 aliphatic carbocycles. The zero-order valence-electron chi connectivity index (χ0n) is 16.2. The van der Waals surface area contributed by atoms with Gasteiger partial charge in [0.2, 0.25) is 5.91 Å². The number of carbonyl (C=O) groups excluding carboxylic acids is 2. The maximum atomic E-state index is 13.3. The minimum Gasteiger partial charge on any atom is -0.459 e. The van der Waals surface area contributed by atoms with E-state index in [1.54, 1.807) is 17.0 Å². The number of imidazole rings is 1. The van der Waals surface area contributed by atoms with Crippen molar-refractivity contribution in [2.24, 2.45) is 5.92 Å². The lowest BCUT2D eigenvalue weighted by molar-refractivity contribution is -0.138. The highest BCUT2D eigenvalue weighted by atomic mass is 16.3. The Morgan fingerprint density at radius 1 is 1.03 bits per heavy atom. The summed E-state index contributed by atoms with van der Waals surface area (Å²) < 4.78 is 5.22. The molecule has 2 aromatic heterocycles. The zero-order valence-corrected chi connectivity index (χ0v) is 16.2. The Morgan fingerprint density at radius 3 is 2.62 bits per heavy atom. The summed E-state index contributed by atoms with van der Waals surface area (Å²) in [6.07, 6.45) is 4.81. The van der Waals surface area contributed by atoms with Crippen LogP contribution in [0.25, 0.3) is 11.0 Å². The highest BCUT2D eigenvalue weighted by Gasteiger charge is 2.37. The van der Waals surface area contributed by atoms with Crippen molar-refractivity contribution in [2.45, 2.75) is 31.7 Å². The normalized spacial score (nSPS) is 20.5. The molecule has 2 amide bonds. The number of nitrogens with zero attached hydrogens (tertiary/aromatic N) is 3. The molecule has 3 aromatic rings. The topological polar surface area (TPSA) is 82.4 Å². The van der Waals surface area contributed by atoms with Crippen molar-refractivity contribution in [1.29, 1.82) is 0 Å². The van der Waals surface area contributed by atoms with E-state index in [4.69, 9.17) is 9.40 Å². The minimum absolute atomic E-state index is 0.0117. The van der Waals surface area contributed by atoms with Crippen molar-refractivity contribution in [3.8, 4) is 0 Å². The SMILES string of the molecule is O=C(c1ccco1)N1CCC(C(=O)N2CCC[C@H]2c2nc3ccccc3[nH]2)CC1. The molecule has 150 valence electrons. The molecule has 0 spiro atoms. The third kappa shape index (κ3) is 3.30. The van der Waals surface area contributed by atoms with Crippen LogP contribution in [0.1, 0.15) is 48.1 Å². The highest BCUT2D eigenvalue weighted by Crippen LogP contribution is 2.34. The van der Waals surface area contributed by atoms with Crippen LogP contribution in [-0.4, -0.2) is 51.2 Å². The summed E-state index contributed by atoms with van der Waals surface area (Å²) in [5.41, 5.74) is 1.94. The van der Waals surface area contributed by atoms with Crippen molar-refractivity contribution >= 4 is 22.8 Å². The number of amides is 2.